The normalized spacial score (nSPS) is 14.1. The number of carbonyl (C=O) groups is 2. The van der Waals surface area contributed by atoms with Gasteiger partial charge in [0.05, 0.1) is 18.3 Å². The number of amides is 2. The molecule has 0 radical (unpaired) electrons. The molecule has 0 aromatic heterocycles. The molecule has 0 bridgehead atoms. The molecule has 1 atom stereocenters. The van der Waals surface area contributed by atoms with Gasteiger partial charge in [0.25, 0.3) is 5.69 Å². The highest BCUT2D eigenvalue weighted by Gasteiger charge is 2.35. The van der Waals surface area contributed by atoms with Gasteiger partial charge in [-0.05, 0) is 30.0 Å². The molecule has 228 valence electrons. The third-order valence-electron chi connectivity index (χ3n) is 7.49. The summed E-state index contributed by atoms with van der Waals surface area (Å²) in [5, 5.41) is 14.6. The Morgan fingerprint density at radius 3 is 2.16 bits per heavy atom. The van der Waals surface area contributed by atoms with E-state index < -0.39 is 33.4 Å². The maximum atomic E-state index is 14.2. The minimum Gasteiger partial charge on any atom is -0.495 e. The Kier molecular flexibility index (Phi) is 10.4. The molecule has 4 rings (SSSR count). The lowest BCUT2D eigenvalue weighted by molar-refractivity contribution is -0.384. The van der Waals surface area contributed by atoms with Gasteiger partial charge in [0, 0.05) is 31.1 Å². The molecular weight excluding hydrogens is 572 g/mol. The zero-order chi connectivity index (χ0) is 31.0. The largest absolute Gasteiger partial charge is 0.495 e. The number of anilines is 1. The lowest BCUT2D eigenvalue weighted by Crippen LogP contribution is -2.54. The molecule has 1 N–H and O–H groups in total. The van der Waals surface area contributed by atoms with E-state index in [0.717, 1.165) is 53.4 Å². The molecule has 3 aromatic rings. The van der Waals surface area contributed by atoms with Crippen molar-refractivity contribution in [1.29, 1.82) is 0 Å². The van der Waals surface area contributed by atoms with Crippen LogP contribution in [0, 0.1) is 10.1 Å². The van der Waals surface area contributed by atoms with Gasteiger partial charge in [0.1, 0.15) is 24.0 Å². The summed E-state index contributed by atoms with van der Waals surface area (Å²) in [5.74, 6) is -0.928. The fourth-order valence-electron chi connectivity index (χ4n) is 5.28. The number of benzene rings is 3. The SMILES string of the molecule is COc1ccc([N+](=O)[O-])cc1N(CC(=O)N(Cc1ccccc1)C(Cc1ccccc1)C(=O)NC1CCCC1)S(C)(=O)=O. The number of carbonyl (C=O) groups excluding carboxylic acids is 2. The van der Waals surface area contributed by atoms with Crippen LogP contribution in [0.15, 0.2) is 78.9 Å². The van der Waals surface area contributed by atoms with E-state index in [9.17, 15) is 28.1 Å². The van der Waals surface area contributed by atoms with Crippen LogP contribution in [-0.2, 0) is 32.6 Å². The van der Waals surface area contributed by atoms with Gasteiger partial charge >= 0.3 is 0 Å². The quantitative estimate of drug-likeness (QED) is 0.228. The van der Waals surface area contributed by atoms with Crippen LogP contribution in [0.25, 0.3) is 0 Å². The van der Waals surface area contributed by atoms with Gasteiger partial charge in [-0.15, -0.1) is 0 Å². The second kappa shape index (κ2) is 14.1. The third kappa shape index (κ3) is 8.31. The number of methoxy groups -OCH3 is 1. The number of nitro benzene ring substituents is 1. The average Bonchev–Trinajstić information content (AvgIpc) is 3.50. The van der Waals surface area contributed by atoms with E-state index in [0.29, 0.717) is 0 Å². The van der Waals surface area contributed by atoms with E-state index in [-0.39, 0.29) is 42.0 Å². The average molecular weight is 609 g/mol. The molecule has 0 saturated heterocycles. The Bertz CT molecular complexity index is 1530. The van der Waals surface area contributed by atoms with Crippen molar-refractivity contribution < 1.29 is 27.7 Å². The summed E-state index contributed by atoms with van der Waals surface area (Å²) in [4.78, 5) is 40.4. The zero-order valence-corrected chi connectivity index (χ0v) is 25.0. The van der Waals surface area contributed by atoms with Gasteiger partial charge in [-0.1, -0.05) is 73.5 Å². The monoisotopic (exact) mass is 608 g/mol. The van der Waals surface area contributed by atoms with Crippen LogP contribution in [0.2, 0.25) is 0 Å². The number of hydrogen-bond donors (Lipinski definition) is 1. The topological polar surface area (TPSA) is 139 Å². The molecule has 3 aromatic carbocycles. The number of ether oxygens (including phenoxy) is 1. The molecule has 1 saturated carbocycles. The fraction of sp³-hybridized carbons (Fsp3) is 0.355. The number of sulfonamides is 1. The smallest absolute Gasteiger partial charge is 0.271 e. The lowest BCUT2D eigenvalue weighted by Gasteiger charge is -2.34. The first-order chi connectivity index (χ1) is 20.6. The Hall–Kier alpha value is -4.45. The Labute approximate surface area is 251 Å². The van der Waals surface area contributed by atoms with Crippen LogP contribution >= 0.6 is 0 Å². The van der Waals surface area contributed by atoms with Crippen LogP contribution in [0.3, 0.4) is 0 Å². The molecule has 43 heavy (non-hydrogen) atoms. The molecule has 2 amide bonds. The van der Waals surface area contributed by atoms with Crippen LogP contribution in [0.1, 0.15) is 36.8 Å². The molecule has 1 aliphatic rings. The van der Waals surface area contributed by atoms with Crippen LogP contribution in [0.4, 0.5) is 11.4 Å². The third-order valence-corrected chi connectivity index (χ3v) is 8.62. The number of hydrogen-bond acceptors (Lipinski definition) is 7. The summed E-state index contributed by atoms with van der Waals surface area (Å²) in [6.07, 6.45) is 4.84. The zero-order valence-electron chi connectivity index (χ0n) is 24.2. The standard InChI is InChI=1S/C31H36N4O7S/c1-42-29-18-17-26(35(38)39)20-27(29)34(43(2,40)41)22-30(36)33(21-24-13-7-4-8-14-24)28(19-23-11-5-3-6-12-23)31(37)32-25-15-9-10-16-25/h3-8,11-14,17-18,20,25,28H,9-10,15-16,19,21-22H2,1-2H3,(H,32,37). The van der Waals surface area contributed by atoms with E-state index in [2.05, 4.69) is 5.32 Å². The van der Waals surface area contributed by atoms with Crippen LogP contribution in [0.5, 0.6) is 5.75 Å². The molecular formula is C31H36N4O7S. The summed E-state index contributed by atoms with van der Waals surface area (Å²) in [7, 11) is -2.83. The van der Waals surface area contributed by atoms with Crippen LogP contribution in [-0.4, -0.2) is 62.0 Å². The second-order valence-electron chi connectivity index (χ2n) is 10.6. The molecule has 0 spiro atoms. The number of rotatable bonds is 13. The summed E-state index contributed by atoms with van der Waals surface area (Å²) in [6, 6.07) is 21.0. The Morgan fingerprint density at radius 1 is 1.00 bits per heavy atom. The Morgan fingerprint density at radius 2 is 1.60 bits per heavy atom. The highest BCUT2D eigenvalue weighted by molar-refractivity contribution is 7.92. The molecule has 11 nitrogen and oxygen atoms in total. The van der Waals surface area contributed by atoms with Crippen molar-refractivity contribution in [2.75, 3.05) is 24.2 Å². The summed E-state index contributed by atoms with van der Waals surface area (Å²) < 4.78 is 32.2. The first kappa shape index (κ1) is 31.5. The lowest BCUT2D eigenvalue weighted by atomic mass is 10.0. The van der Waals surface area contributed by atoms with Gasteiger partial charge in [-0.2, -0.15) is 0 Å². The van der Waals surface area contributed by atoms with Crippen molar-refractivity contribution >= 4 is 33.2 Å². The summed E-state index contributed by atoms with van der Waals surface area (Å²) >= 11 is 0. The van der Waals surface area contributed by atoms with Crippen molar-refractivity contribution in [3.63, 3.8) is 0 Å². The minimum absolute atomic E-state index is 0.00102. The fourth-order valence-corrected chi connectivity index (χ4v) is 6.13. The first-order valence-corrected chi connectivity index (χ1v) is 15.9. The minimum atomic E-state index is -4.14. The van der Waals surface area contributed by atoms with Crippen molar-refractivity contribution in [2.24, 2.45) is 0 Å². The van der Waals surface area contributed by atoms with Gasteiger partial charge in [0.2, 0.25) is 21.8 Å². The van der Waals surface area contributed by atoms with E-state index in [1.54, 1.807) is 0 Å². The van der Waals surface area contributed by atoms with Gasteiger partial charge in [-0.3, -0.25) is 24.0 Å². The van der Waals surface area contributed by atoms with Crippen molar-refractivity contribution in [3.8, 4) is 5.75 Å². The molecule has 1 aliphatic carbocycles. The van der Waals surface area contributed by atoms with Crippen molar-refractivity contribution in [3.05, 3.63) is 100 Å². The summed E-state index contributed by atoms with van der Waals surface area (Å²) in [6.45, 7) is -0.663. The number of nitro groups is 1. The van der Waals surface area contributed by atoms with Gasteiger partial charge in [0.15, 0.2) is 0 Å². The molecule has 1 fully saturated rings. The molecule has 0 aliphatic heterocycles. The molecule has 1 unspecified atom stereocenters. The van der Waals surface area contributed by atoms with Gasteiger partial charge < -0.3 is 15.0 Å². The first-order valence-electron chi connectivity index (χ1n) is 14.0. The summed E-state index contributed by atoms with van der Waals surface area (Å²) in [5.41, 5.74) is 1.07. The van der Waals surface area contributed by atoms with Crippen molar-refractivity contribution in [1.82, 2.24) is 10.2 Å². The Balaban J connectivity index is 1.76. The van der Waals surface area contributed by atoms with E-state index in [1.165, 1.54) is 24.1 Å². The number of nitrogens with zero attached hydrogens (tertiary/aromatic N) is 3. The molecule has 0 heterocycles. The predicted molar refractivity (Wildman–Crippen MR) is 163 cm³/mol. The maximum absolute atomic E-state index is 14.2. The molecule has 12 heteroatoms. The highest BCUT2D eigenvalue weighted by Crippen LogP contribution is 2.34. The number of nitrogens with one attached hydrogen (secondary N) is 1. The second-order valence-corrected chi connectivity index (χ2v) is 12.5. The van der Waals surface area contributed by atoms with Crippen molar-refractivity contribution in [2.45, 2.75) is 50.7 Å². The van der Waals surface area contributed by atoms with Gasteiger partial charge in [-0.25, -0.2) is 8.42 Å². The van der Waals surface area contributed by atoms with E-state index >= 15 is 0 Å². The van der Waals surface area contributed by atoms with Crippen LogP contribution < -0.4 is 14.4 Å². The maximum Gasteiger partial charge on any atom is 0.271 e. The van der Waals surface area contributed by atoms with E-state index in [1.807, 2.05) is 60.7 Å². The number of non-ortho nitro benzene ring substituents is 1. The highest BCUT2D eigenvalue weighted by atomic mass is 32.2. The van der Waals surface area contributed by atoms with E-state index in [4.69, 9.17) is 4.74 Å². The predicted octanol–water partition coefficient (Wildman–Crippen LogP) is 4.07.